The summed E-state index contributed by atoms with van der Waals surface area (Å²) in [5, 5.41) is 10.4. The molecule has 0 radical (unpaired) electrons. The molecule has 2 rings (SSSR count). The van der Waals surface area contributed by atoms with E-state index in [1.165, 1.54) is 0 Å². The van der Waals surface area contributed by atoms with Crippen LogP contribution in [0.15, 0.2) is 24.4 Å². The molecule has 1 aromatic heterocycles. The molecule has 2 heterocycles. The Balaban J connectivity index is 2.07. The number of nitrogens with zero attached hydrogens (tertiary/aromatic N) is 1. The molecule has 4 nitrogen and oxygen atoms in total. The monoisotopic (exact) mass is 236 g/mol. The van der Waals surface area contributed by atoms with Crippen LogP contribution in [0.3, 0.4) is 0 Å². The van der Waals surface area contributed by atoms with E-state index >= 15 is 0 Å². The van der Waals surface area contributed by atoms with Gasteiger partial charge in [-0.15, -0.1) is 0 Å². The largest absolute Gasteiger partial charge is 0.392 e. The number of ether oxygens (including phenoxy) is 1. The molecule has 2 unspecified atom stereocenters. The fourth-order valence-corrected chi connectivity index (χ4v) is 2.42. The van der Waals surface area contributed by atoms with Crippen LogP contribution in [-0.4, -0.2) is 36.0 Å². The van der Waals surface area contributed by atoms with Crippen LogP contribution in [0.1, 0.15) is 24.5 Å². The summed E-state index contributed by atoms with van der Waals surface area (Å²) in [7, 11) is 0. The first-order valence-corrected chi connectivity index (χ1v) is 6.19. The van der Waals surface area contributed by atoms with Crippen molar-refractivity contribution in [1.82, 2.24) is 4.98 Å². The fourth-order valence-electron chi connectivity index (χ4n) is 2.42. The summed E-state index contributed by atoms with van der Waals surface area (Å²) >= 11 is 0. The summed E-state index contributed by atoms with van der Waals surface area (Å²) in [5.74, 6) is 0.207. The van der Waals surface area contributed by atoms with Gasteiger partial charge in [-0.1, -0.05) is 6.07 Å². The number of hydrogen-bond acceptors (Lipinski definition) is 4. The highest BCUT2D eigenvalue weighted by Crippen LogP contribution is 2.28. The van der Waals surface area contributed by atoms with Crippen molar-refractivity contribution in [3.05, 3.63) is 30.1 Å². The zero-order valence-electron chi connectivity index (χ0n) is 9.96. The van der Waals surface area contributed by atoms with E-state index in [9.17, 15) is 5.11 Å². The topological polar surface area (TPSA) is 68.4 Å². The molecule has 0 aliphatic carbocycles. The molecule has 1 aliphatic rings. The third kappa shape index (κ3) is 3.03. The van der Waals surface area contributed by atoms with E-state index in [2.05, 4.69) is 4.98 Å². The third-order valence-corrected chi connectivity index (χ3v) is 3.48. The van der Waals surface area contributed by atoms with Crippen LogP contribution in [0.2, 0.25) is 0 Å². The van der Waals surface area contributed by atoms with Gasteiger partial charge in [-0.25, -0.2) is 0 Å². The number of aliphatic hydroxyl groups is 1. The molecule has 1 aliphatic heterocycles. The lowest BCUT2D eigenvalue weighted by molar-refractivity contribution is -0.00245. The number of rotatable bonds is 4. The maximum absolute atomic E-state index is 10.4. The van der Waals surface area contributed by atoms with Crippen molar-refractivity contribution < 1.29 is 9.84 Å². The van der Waals surface area contributed by atoms with Crippen LogP contribution < -0.4 is 5.73 Å². The molecule has 2 atom stereocenters. The second-order valence-electron chi connectivity index (χ2n) is 4.54. The quantitative estimate of drug-likeness (QED) is 0.815. The summed E-state index contributed by atoms with van der Waals surface area (Å²) in [6.07, 6.45) is 3.14. The minimum absolute atomic E-state index is 0.0701. The van der Waals surface area contributed by atoms with Gasteiger partial charge in [0.2, 0.25) is 0 Å². The lowest BCUT2D eigenvalue weighted by Crippen LogP contribution is -2.36. The molecule has 17 heavy (non-hydrogen) atoms. The first-order valence-electron chi connectivity index (χ1n) is 6.19. The van der Waals surface area contributed by atoms with Crippen LogP contribution in [0.25, 0.3) is 0 Å². The second kappa shape index (κ2) is 6.10. The Morgan fingerprint density at radius 1 is 1.41 bits per heavy atom. The summed E-state index contributed by atoms with van der Waals surface area (Å²) in [6.45, 7) is 1.90. The summed E-state index contributed by atoms with van der Waals surface area (Å²) in [6, 6.07) is 5.74. The zero-order valence-corrected chi connectivity index (χ0v) is 9.96. The van der Waals surface area contributed by atoms with Crippen LogP contribution >= 0.6 is 0 Å². The van der Waals surface area contributed by atoms with Crippen LogP contribution in [0.5, 0.6) is 0 Å². The van der Waals surface area contributed by atoms with Crippen molar-refractivity contribution in [2.24, 2.45) is 11.7 Å². The average Bonchev–Trinajstić information content (AvgIpc) is 2.42. The fraction of sp³-hybridized carbons (Fsp3) is 0.615. The Morgan fingerprint density at radius 3 is 2.76 bits per heavy atom. The molecule has 4 heteroatoms. The van der Waals surface area contributed by atoms with Crippen molar-refractivity contribution in [3.8, 4) is 0 Å². The Kier molecular flexibility index (Phi) is 4.48. The highest BCUT2D eigenvalue weighted by molar-refractivity contribution is 5.12. The molecule has 1 saturated heterocycles. The Morgan fingerprint density at radius 2 is 2.18 bits per heavy atom. The van der Waals surface area contributed by atoms with Gasteiger partial charge in [0, 0.05) is 37.6 Å². The molecular formula is C13H20N2O2. The van der Waals surface area contributed by atoms with E-state index in [1.807, 2.05) is 18.2 Å². The number of nitrogens with two attached hydrogens (primary N) is 1. The SMILES string of the molecule is NCC(c1ccccn1)C(O)C1CCOCC1. The highest BCUT2D eigenvalue weighted by Gasteiger charge is 2.29. The lowest BCUT2D eigenvalue weighted by atomic mass is 9.84. The van der Waals surface area contributed by atoms with Crippen molar-refractivity contribution in [2.75, 3.05) is 19.8 Å². The maximum Gasteiger partial charge on any atom is 0.0665 e. The molecule has 0 bridgehead atoms. The minimum Gasteiger partial charge on any atom is -0.392 e. The maximum atomic E-state index is 10.4. The smallest absolute Gasteiger partial charge is 0.0665 e. The van der Waals surface area contributed by atoms with Gasteiger partial charge in [0.25, 0.3) is 0 Å². The van der Waals surface area contributed by atoms with E-state index in [-0.39, 0.29) is 11.8 Å². The van der Waals surface area contributed by atoms with Crippen LogP contribution in [0, 0.1) is 5.92 Å². The molecule has 3 N–H and O–H groups in total. The number of aliphatic hydroxyl groups excluding tert-OH is 1. The van der Waals surface area contributed by atoms with Gasteiger partial charge in [-0.05, 0) is 30.9 Å². The first kappa shape index (κ1) is 12.5. The molecule has 0 saturated carbocycles. The van der Waals surface area contributed by atoms with Crippen molar-refractivity contribution in [2.45, 2.75) is 24.9 Å². The van der Waals surface area contributed by atoms with E-state index in [4.69, 9.17) is 10.5 Å². The molecular weight excluding hydrogens is 216 g/mol. The number of pyridine rings is 1. The summed E-state index contributed by atoms with van der Waals surface area (Å²) in [4.78, 5) is 4.29. The van der Waals surface area contributed by atoms with E-state index in [1.54, 1.807) is 6.20 Å². The van der Waals surface area contributed by atoms with Gasteiger partial charge in [-0.2, -0.15) is 0 Å². The molecule has 0 aromatic carbocycles. The molecule has 1 aromatic rings. The Labute approximate surface area is 102 Å². The first-order chi connectivity index (χ1) is 8.33. The lowest BCUT2D eigenvalue weighted by Gasteiger charge is -2.31. The van der Waals surface area contributed by atoms with Gasteiger partial charge < -0.3 is 15.6 Å². The predicted molar refractivity (Wildman–Crippen MR) is 65.6 cm³/mol. The van der Waals surface area contributed by atoms with Gasteiger partial charge >= 0.3 is 0 Å². The molecule has 0 spiro atoms. The van der Waals surface area contributed by atoms with Crippen molar-refractivity contribution in [3.63, 3.8) is 0 Å². The van der Waals surface area contributed by atoms with Gasteiger partial charge in [-0.3, -0.25) is 4.98 Å². The number of aromatic nitrogens is 1. The predicted octanol–water partition coefficient (Wildman–Crippen LogP) is 0.911. The van der Waals surface area contributed by atoms with Gasteiger partial charge in [0.1, 0.15) is 0 Å². The van der Waals surface area contributed by atoms with Gasteiger partial charge in [0.05, 0.1) is 6.10 Å². The molecule has 94 valence electrons. The van der Waals surface area contributed by atoms with E-state index in [0.717, 1.165) is 31.7 Å². The molecule has 0 amide bonds. The van der Waals surface area contributed by atoms with E-state index < -0.39 is 6.10 Å². The van der Waals surface area contributed by atoms with E-state index in [0.29, 0.717) is 6.54 Å². The third-order valence-electron chi connectivity index (χ3n) is 3.48. The molecule has 1 fully saturated rings. The zero-order chi connectivity index (χ0) is 12.1. The standard InChI is InChI=1S/C13H20N2O2/c14-9-11(12-3-1-2-6-15-12)13(16)10-4-7-17-8-5-10/h1-3,6,10-11,13,16H,4-5,7-9,14H2. The van der Waals surface area contributed by atoms with Crippen molar-refractivity contribution >= 4 is 0 Å². The second-order valence-corrected chi connectivity index (χ2v) is 4.54. The Hall–Kier alpha value is -0.970. The normalized spacial score (nSPS) is 21.1. The van der Waals surface area contributed by atoms with Crippen LogP contribution in [-0.2, 0) is 4.74 Å². The number of hydrogen-bond donors (Lipinski definition) is 2. The minimum atomic E-state index is -0.418. The Bertz CT molecular complexity index is 325. The summed E-state index contributed by atoms with van der Waals surface area (Å²) in [5.41, 5.74) is 6.66. The van der Waals surface area contributed by atoms with Gasteiger partial charge in [0.15, 0.2) is 0 Å². The summed E-state index contributed by atoms with van der Waals surface area (Å²) < 4.78 is 5.31. The van der Waals surface area contributed by atoms with Crippen molar-refractivity contribution in [1.29, 1.82) is 0 Å². The van der Waals surface area contributed by atoms with Crippen LogP contribution in [0.4, 0.5) is 0 Å². The highest BCUT2D eigenvalue weighted by atomic mass is 16.5. The average molecular weight is 236 g/mol.